The van der Waals surface area contributed by atoms with E-state index >= 15 is 0 Å². The van der Waals surface area contributed by atoms with Gasteiger partial charge in [0.05, 0.1) is 0 Å². The largest absolute Gasteiger partial charge is 0.314 e. The van der Waals surface area contributed by atoms with Crippen LogP contribution in [-0.4, -0.2) is 37.7 Å². The Labute approximate surface area is 112 Å². The molecule has 0 saturated carbocycles. The fourth-order valence-electron chi connectivity index (χ4n) is 2.05. The summed E-state index contributed by atoms with van der Waals surface area (Å²) in [5, 5.41) is 6.88. The molecule has 2 N–H and O–H groups in total. The van der Waals surface area contributed by atoms with Crippen molar-refractivity contribution in [3.8, 4) is 0 Å². The lowest BCUT2D eigenvalue weighted by Crippen LogP contribution is -2.46. The molecule has 0 atom stereocenters. The van der Waals surface area contributed by atoms with Crippen LogP contribution < -0.4 is 10.6 Å². The van der Waals surface area contributed by atoms with E-state index in [-0.39, 0.29) is 0 Å². The molecular weight excluding hydrogens is 278 g/mol. The van der Waals surface area contributed by atoms with E-state index in [1.807, 2.05) is 0 Å². The van der Waals surface area contributed by atoms with Crippen molar-refractivity contribution < 1.29 is 0 Å². The van der Waals surface area contributed by atoms with Gasteiger partial charge in [0.2, 0.25) is 0 Å². The van der Waals surface area contributed by atoms with E-state index in [1.165, 1.54) is 11.1 Å². The molecule has 1 aromatic carbocycles. The van der Waals surface area contributed by atoms with Crippen molar-refractivity contribution in [2.75, 3.05) is 32.8 Å². The molecule has 1 heterocycles. The van der Waals surface area contributed by atoms with Crippen LogP contribution in [0.4, 0.5) is 0 Å². The zero-order valence-corrected chi connectivity index (χ0v) is 11.9. The molecule has 0 radical (unpaired) electrons. The lowest BCUT2D eigenvalue weighted by Gasteiger charge is -2.27. The lowest BCUT2D eigenvalue weighted by atomic mass is 10.1. The molecule has 94 valence electrons. The minimum Gasteiger partial charge on any atom is -0.314 e. The number of rotatable bonds is 4. The van der Waals surface area contributed by atoms with Crippen LogP contribution in [0, 0.1) is 6.92 Å². The second kappa shape index (κ2) is 6.50. The third-order valence-electron chi connectivity index (χ3n) is 3.17. The molecule has 0 aromatic heterocycles. The molecule has 0 amide bonds. The summed E-state index contributed by atoms with van der Waals surface area (Å²) in [7, 11) is 0. The van der Waals surface area contributed by atoms with Gasteiger partial charge in [0, 0.05) is 43.9 Å². The van der Waals surface area contributed by atoms with Gasteiger partial charge in [-0.05, 0) is 30.2 Å². The summed E-state index contributed by atoms with van der Waals surface area (Å²) in [6, 6.07) is 6.45. The van der Waals surface area contributed by atoms with Gasteiger partial charge in [-0.3, -0.25) is 4.90 Å². The van der Waals surface area contributed by atoms with E-state index in [2.05, 4.69) is 56.6 Å². The van der Waals surface area contributed by atoms with E-state index < -0.39 is 0 Å². The SMILES string of the molecule is Cc1ccc(Br)cc1CNCN1CCNCC1. The average Bonchev–Trinajstić information content (AvgIpc) is 2.35. The first-order valence-electron chi connectivity index (χ1n) is 6.14. The van der Waals surface area contributed by atoms with Crippen LogP contribution in [-0.2, 0) is 6.54 Å². The minimum atomic E-state index is 0.940. The number of nitrogens with zero attached hydrogens (tertiary/aromatic N) is 1. The number of benzene rings is 1. The normalized spacial score (nSPS) is 17.3. The number of nitrogens with one attached hydrogen (secondary N) is 2. The minimum absolute atomic E-state index is 0.940. The number of hydrogen-bond acceptors (Lipinski definition) is 3. The van der Waals surface area contributed by atoms with Crippen molar-refractivity contribution in [3.63, 3.8) is 0 Å². The van der Waals surface area contributed by atoms with E-state index in [4.69, 9.17) is 0 Å². The maximum absolute atomic E-state index is 3.52. The third kappa shape index (κ3) is 4.07. The third-order valence-corrected chi connectivity index (χ3v) is 3.66. The quantitative estimate of drug-likeness (QED) is 0.886. The Morgan fingerprint density at radius 1 is 1.35 bits per heavy atom. The molecule has 1 aliphatic rings. The highest BCUT2D eigenvalue weighted by Crippen LogP contribution is 2.15. The zero-order chi connectivity index (χ0) is 12.1. The maximum Gasteiger partial charge on any atom is 0.0484 e. The van der Waals surface area contributed by atoms with Crippen LogP contribution in [0.15, 0.2) is 22.7 Å². The fourth-order valence-corrected chi connectivity index (χ4v) is 2.46. The zero-order valence-electron chi connectivity index (χ0n) is 10.3. The van der Waals surface area contributed by atoms with Crippen LogP contribution in [0.3, 0.4) is 0 Å². The summed E-state index contributed by atoms with van der Waals surface area (Å²) in [6.45, 7) is 8.58. The molecule has 1 aliphatic heterocycles. The highest BCUT2D eigenvalue weighted by Gasteiger charge is 2.08. The number of piperazine rings is 1. The predicted molar refractivity (Wildman–Crippen MR) is 75.0 cm³/mol. The van der Waals surface area contributed by atoms with Crippen molar-refractivity contribution in [1.29, 1.82) is 0 Å². The van der Waals surface area contributed by atoms with Crippen LogP contribution in [0.5, 0.6) is 0 Å². The average molecular weight is 298 g/mol. The van der Waals surface area contributed by atoms with Crippen molar-refractivity contribution in [2.24, 2.45) is 0 Å². The lowest BCUT2D eigenvalue weighted by molar-refractivity contribution is 0.223. The molecule has 2 rings (SSSR count). The van der Waals surface area contributed by atoms with Crippen LogP contribution in [0.25, 0.3) is 0 Å². The van der Waals surface area contributed by atoms with E-state index in [9.17, 15) is 0 Å². The molecule has 17 heavy (non-hydrogen) atoms. The van der Waals surface area contributed by atoms with Gasteiger partial charge >= 0.3 is 0 Å². The highest BCUT2D eigenvalue weighted by molar-refractivity contribution is 9.10. The summed E-state index contributed by atoms with van der Waals surface area (Å²) in [4.78, 5) is 2.45. The summed E-state index contributed by atoms with van der Waals surface area (Å²) in [6.07, 6.45) is 0. The smallest absolute Gasteiger partial charge is 0.0484 e. The Kier molecular flexibility index (Phi) is 4.98. The maximum atomic E-state index is 3.52. The topological polar surface area (TPSA) is 27.3 Å². The van der Waals surface area contributed by atoms with Crippen molar-refractivity contribution in [2.45, 2.75) is 13.5 Å². The molecule has 1 fully saturated rings. The summed E-state index contributed by atoms with van der Waals surface area (Å²) in [5.41, 5.74) is 2.72. The molecule has 4 heteroatoms. The number of aryl methyl sites for hydroxylation is 1. The Bertz CT molecular complexity index is 362. The van der Waals surface area contributed by atoms with Crippen LogP contribution in [0.2, 0.25) is 0 Å². The molecular formula is C13H20BrN3. The molecule has 1 aromatic rings. The highest BCUT2D eigenvalue weighted by atomic mass is 79.9. The predicted octanol–water partition coefficient (Wildman–Crippen LogP) is 1.71. The molecule has 3 nitrogen and oxygen atoms in total. The van der Waals surface area contributed by atoms with Gasteiger partial charge in [-0.1, -0.05) is 22.0 Å². The Hall–Kier alpha value is -0.420. The van der Waals surface area contributed by atoms with Crippen molar-refractivity contribution in [3.05, 3.63) is 33.8 Å². The van der Waals surface area contributed by atoms with Crippen molar-refractivity contribution >= 4 is 15.9 Å². The van der Waals surface area contributed by atoms with Gasteiger partial charge in [-0.15, -0.1) is 0 Å². The van der Waals surface area contributed by atoms with Gasteiger partial charge in [0.15, 0.2) is 0 Å². The fraction of sp³-hybridized carbons (Fsp3) is 0.538. The molecule has 0 aliphatic carbocycles. The van der Waals surface area contributed by atoms with Gasteiger partial charge in [-0.25, -0.2) is 0 Å². The van der Waals surface area contributed by atoms with Gasteiger partial charge < -0.3 is 10.6 Å². The first-order valence-corrected chi connectivity index (χ1v) is 6.94. The Morgan fingerprint density at radius 2 is 2.12 bits per heavy atom. The first kappa shape index (κ1) is 13.0. The van der Waals surface area contributed by atoms with Crippen LogP contribution in [0.1, 0.15) is 11.1 Å². The van der Waals surface area contributed by atoms with Gasteiger partial charge in [0.25, 0.3) is 0 Å². The second-order valence-electron chi connectivity index (χ2n) is 4.52. The summed E-state index contributed by atoms with van der Waals surface area (Å²) >= 11 is 3.52. The second-order valence-corrected chi connectivity index (χ2v) is 5.44. The molecule has 0 unspecified atom stereocenters. The molecule has 1 saturated heterocycles. The number of halogens is 1. The van der Waals surface area contributed by atoms with Gasteiger partial charge in [-0.2, -0.15) is 0 Å². The van der Waals surface area contributed by atoms with Gasteiger partial charge in [0.1, 0.15) is 0 Å². The molecule has 0 bridgehead atoms. The Morgan fingerprint density at radius 3 is 2.88 bits per heavy atom. The molecule has 0 spiro atoms. The summed E-state index contributed by atoms with van der Waals surface area (Å²) < 4.78 is 1.15. The number of hydrogen-bond donors (Lipinski definition) is 2. The first-order chi connectivity index (χ1) is 8.25. The van der Waals surface area contributed by atoms with Crippen molar-refractivity contribution in [1.82, 2.24) is 15.5 Å². The van der Waals surface area contributed by atoms with E-state index in [0.717, 1.165) is 43.9 Å². The summed E-state index contributed by atoms with van der Waals surface area (Å²) in [5.74, 6) is 0. The van der Waals surface area contributed by atoms with E-state index in [1.54, 1.807) is 0 Å². The Balaban J connectivity index is 1.79. The van der Waals surface area contributed by atoms with Crippen LogP contribution >= 0.6 is 15.9 Å². The standard InChI is InChI=1S/C13H20BrN3/c1-11-2-3-13(14)8-12(11)9-16-10-17-6-4-15-5-7-17/h2-3,8,15-16H,4-7,9-10H2,1H3. The monoisotopic (exact) mass is 297 g/mol. The van der Waals surface area contributed by atoms with E-state index in [0.29, 0.717) is 0 Å².